The summed E-state index contributed by atoms with van der Waals surface area (Å²) >= 11 is 0. The summed E-state index contributed by atoms with van der Waals surface area (Å²) in [6.45, 7) is 14.3. The van der Waals surface area contributed by atoms with E-state index in [1.54, 1.807) is 28.9 Å². The van der Waals surface area contributed by atoms with Crippen LogP contribution in [0.15, 0.2) is 55.6 Å². The molecule has 5 rings (SSSR count). The molecule has 4 aliphatic heterocycles. The maximum absolute atomic E-state index is 14.4. The zero-order chi connectivity index (χ0) is 29.9. The average Bonchev–Trinajstić information content (AvgIpc) is 3.66. The van der Waals surface area contributed by atoms with Crippen LogP contribution in [-0.2, 0) is 30.4 Å². The van der Waals surface area contributed by atoms with Crippen LogP contribution < -0.4 is 0 Å². The van der Waals surface area contributed by atoms with Crippen molar-refractivity contribution in [1.82, 2.24) is 19.6 Å². The molecule has 1 spiro atoms. The number of morpholine rings is 1. The van der Waals surface area contributed by atoms with Crippen LogP contribution in [0.4, 0.5) is 0 Å². The number of amides is 3. The zero-order valence-electron chi connectivity index (χ0n) is 24.6. The normalized spacial score (nSPS) is 29.3. The molecule has 1 N–H and O–H groups in total. The minimum Gasteiger partial charge on any atom is -0.394 e. The van der Waals surface area contributed by atoms with Crippen molar-refractivity contribution in [2.75, 3.05) is 59.1 Å². The molecule has 0 aromatic heterocycles. The highest BCUT2D eigenvalue weighted by atomic mass is 16.5. The molecule has 1 aromatic rings. The van der Waals surface area contributed by atoms with Gasteiger partial charge in [-0.1, -0.05) is 42.5 Å². The molecule has 4 heterocycles. The van der Waals surface area contributed by atoms with Crippen molar-refractivity contribution in [2.24, 2.45) is 11.8 Å². The Bertz CT molecular complexity index is 1160. The number of aliphatic hydroxyl groups excluding tert-OH is 1. The van der Waals surface area contributed by atoms with Gasteiger partial charge >= 0.3 is 0 Å². The molecular weight excluding hydrogens is 536 g/mol. The van der Waals surface area contributed by atoms with Crippen LogP contribution in [-0.4, -0.2) is 125 Å². The van der Waals surface area contributed by atoms with Gasteiger partial charge in [0.25, 0.3) is 0 Å². The van der Waals surface area contributed by atoms with Gasteiger partial charge in [0.05, 0.1) is 43.8 Å². The van der Waals surface area contributed by atoms with Gasteiger partial charge in [0.1, 0.15) is 11.6 Å². The standard InChI is InChI=1S/C32H44N4O6/c1-4-13-34(16-15-33-17-19-41-20-18-33)31(40)28-32-12-11-25(42-32)26(27(32)30(39)36(28)23(3)22-37)29(38)35(14-5-2)21-24-9-7-6-8-10-24/h4-10,23,25-28,37H,1-2,11-22H2,3H3/t23-,25-,26+,27+,28?,32?/m1/s1. The number of hydrogen-bond acceptors (Lipinski definition) is 7. The largest absolute Gasteiger partial charge is 0.394 e. The topological polar surface area (TPSA) is 103 Å². The Morgan fingerprint density at radius 2 is 1.81 bits per heavy atom. The van der Waals surface area contributed by atoms with Gasteiger partial charge in [0.15, 0.2) is 0 Å². The molecule has 6 atom stereocenters. The van der Waals surface area contributed by atoms with Crippen molar-refractivity contribution < 1.29 is 29.0 Å². The lowest BCUT2D eigenvalue weighted by molar-refractivity contribution is -0.151. The van der Waals surface area contributed by atoms with Gasteiger partial charge in [-0.3, -0.25) is 19.3 Å². The summed E-state index contributed by atoms with van der Waals surface area (Å²) in [5, 5.41) is 10.2. The fraction of sp³-hybridized carbons (Fsp3) is 0.594. The van der Waals surface area contributed by atoms with Crippen molar-refractivity contribution in [3.05, 3.63) is 61.2 Å². The summed E-state index contributed by atoms with van der Waals surface area (Å²) in [6.07, 6.45) is 4.04. The van der Waals surface area contributed by atoms with Crippen LogP contribution in [0.5, 0.6) is 0 Å². The number of carbonyl (C=O) groups excluding carboxylic acids is 3. The van der Waals surface area contributed by atoms with E-state index in [0.29, 0.717) is 58.8 Å². The third-order valence-electron chi connectivity index (χ3n) is 9.32. The molecule has 3 amide bonds. The molecule has 10 nitrogen and oxygen atoms in total. The van der Waals surface area contributed by atoms with E-state index in [4.69, 9.17) is 9.47 Å². The van der Waals surface area contributed by atoms with Crippen LogP contribution in [0, 0.1) is 11.8 Å². The van der Waals surface area contributed by atoms with E-state index < -0.39 is 35.6 Å². The minimum atomic E-state index is -1.12. The predicted molar refractivity (Wildman–Crippen MR) is 157 cm³/mol. The number of nitrogens with zero attached hydrogens (tertiary/aromatic N) is 4. The first kappa shape index (κ1) is 30.4. The van der Waals surface area contributed by atoms with E-state index in [1.807, 2.05) is 30.3 Å². The van der Waals surface area contributed by atoms with Crippen molar-refractivity contribution in [3.63, 3.8) is 0 Å². The Morgan fingerprint density at radius 3 is 2.48 bits per heavy atom. The first-order chi connectivity index (χ1) is 20.4. The third kappa shape index (κ3) is 5.53. The smallest absolute Gasteiger partial charge is 0.248 e. The van der Waals surface area contributed by atoms with E-state index >= 15 is 0 Å². The minimum absolute atomic E-state index is 0.163. The Balaban J connectivity index is 1.44. The summed E-state index contributed by atoms with van der Waals surface area (Å²) in [5.74, 6) is -2.17. The van der Waals surface area contributed by atoms with Crippen LogP contribution in [0.2, 0.25) is 0 Å². The first-order valence-electron chi connectivity index (χ1n) is 15.1. The molecular formula is C32H44N4O6. The average molecular weight is 581 g/mol. The van der Waals surface area contributed by atoms with Crippen molar-refractivity contribution in [3.8, 4) is 0 Å². The van der Waals surface area contributed by atoms with Crippen LogP contribution in [0.25, 0.3) is 0 Å². The number of hydrogen-bond donors (Lipinski definition) is 1. The lowest BCUT2D eigenvalue weighted by Crippen LogP contribution is -2.59. The van der Waals surface area contributed by atoms with Gasteiger partial charge in [-0.05, 0) is 25.3 Å². The van der Waals surface area contributed by atoms with Gasteiger partial charge in [-0.25, -0.2) is 0 Å². The Hall–Kier alpha value is -3.05. The highest BCUT2D eigenvalue weighted by molar-refractivity contribution is 5.99. The number of likely N-dealkylation sites (tertiary alicyclic amines) is 1. The Kier molecular flexibility index (Phi) is 9.47. The molecule has 228 valence electrons. The Labute approximate surface area is 248 Å². The van der Waals surface area contributed by atoms with Crippen molar-refractivity contribution in [1.29, 1.82) is 0 Å². The fourth-order valence-corrected chi connectivity index (χ4v) is 7.32. The number of carbonyl (C=O) groups is 3. The summed E-state index contributed by atoms with van der Waals surface area (Å²) in [6, 6.07) is 8.19. The van der Waals surface area contributed by atoms with Crippen LogP contribution in [0.3, 0.4) is 0 Å². The molecule has 2 bridgehead atoms. The molecule has 2 unspecified atom stereocenters. The van der Waals surface area contributed by atoms with Gasteiger partial charge in [0, 0.05) is 45.8 Å². The zero-order valence-corrected chi connectivity index (χ0v) is 24.6. The van der Waals surface area contributed by atoms with E-state index in [2.05, 4.69) is 18.1 Å². The van der Waals surface area contributed by atoms with Crippen LogP contribution >= 0.6 is 0 Å². The first-order valence-corrected chi connectivity index (χ1v) is 15.1. The number of rotatable bonds is 13. The third-order valence-corrected chi connectivity index (χ3v) is 9.32. The molecule has 4 aliphatic rings. The lowest BCUT2D eigenvalue weighted by atomic mass is 9.70. The second-order valence-electron chi connectivity index (χ2n) is 11.9. The molecule has 0 saturated carbocycles. The summed E-state index contributed by atoms with van der Waals surface area (Å²) < 4.78 is 12.1. The quantitative estimate of drug-likeness (QED) is 0.351. The Morgan fingerprint density at radius 1 is 1.12 bits per heavy atom. The lowest BCUT2D eigenvalue weighted by Gasteiger charge is -2.39. The molecule has 1 aromatic carbocycles. The SMILES string of the molecule is C=CCN(CCN1CCOCC1)C(=O)C1N([C@H](C)CO)C(=O)[C@@H]2[C@@H](C(=O)N(CC=C)Cc3ccccc3)[C@H]3CCC12O3. The number of ether oxygens (including phenoxy) is 2. The molecule has 42 heavy (non-hydrogen) atoms. The van der Waals surface area contributed by atoms with E-state index in [9.17, 15) is 19.5 Å². The second kappa shape index (κ2) is 13.1. The summed E-state index contributed by atoms with van der Waals surface area (Å²) in [7, 11) is 0. The van der Waals surface area contributed by atoms with Crippen LogP contribution in [0.1, 0.15) is 25.3 Å². The fourth-order valence-electron chi connectivity index (χ4n) is 7.32. The van der Waals surface area contributed by atoms with Gasteiger partial charge in [-0.15, -0.1) is 13.2 Å². The molecule has 10 heteroatoms. The monoisotopic (exact) mass is 580 g/mol. The second-order valence-corrected chi connectivity index (χ2v) is 11.9. The molecule has 4 saturated heterocycles. The number of benzene rings is 1. The van der Waals surface area contributed by atoms with E-state index in [1.165, 1.54) is 4.90 Å². The highest BCUT2D eigenvalue weighted by Gasteiger charge is 2.75. The maximum Gasteiger partial charge on any atom is 0.248 e. The van der Waals surface area contributed by atoms with Crippen molar-refractivity contribution in [2.45, 2.75) is 50.1 Å². The number of aliphatic hydroxyl groups is 1. The van der Waals surface area contributed by atoms with E-state index in [-0.39, 0.29) is 24.3 Å². The van der Waals surface area contributed by atoms with Crippen molar-refractivity contribution >= 4 is 17.7 Å². The number of fused-ring (bicyclic) bond motifs is 1. The molecule has 4 fully saturated rings. The van der Waals surface area contributed by atoms with E-state index in [0.717, 1.165) is 18.7 Å². The maximum atomic E-state index is 14.4. The van der Waals surface area contributed by atoms with Gasteiger partial charge in [0.2, 0.25) is 17.7 Å². The van der Waals surface area contributed by atoms with Gasteiger partial charge in [-0.2, -0.15) is 0 Å². The summed E-state index contributed by atoms with van der Waals surface area (Å²) in [4.78, 5) is 50.1. The summed E-state index contributed by atoms with van der Waals surface area (Å²) in [5.41, 5.74) is -0.138. The predicted octanol–water partition coefficient (Wildman–Crippen LogP) is 1.30. The van der Waals surface area contributed by atoms with Gasteiger partial charge < -0.3 is 29.3 Å². The molecule has 0 aliphatic carbocycles. The molecule has 0 radical (unpaired) electrons. The highest BCUT2D eigenvalue weighted by Crippen LogP contribution is 2.59.